The summed E-state index contributed by atoms with van der Waals surface area (Å²) in [6, 6.07) is -0.885. The third-order valence-corrected chi connectivity index (χ3v) is 14.2. The number of quaternary nitrogens is 1. The molecule has 0 heterocycles. The molecule has 0 fully saturated rings. The lowest BCUT2D eigenvalue weighted by Crippen LogP contribution is -2.47. The molecule has 0 saturated carbocycles. The second-order valence-corrected chi connectivity index (χ2v) is 22.9. The molecule has 3 atom stereocenters. The van der Waals surface area contributed by atoms with Crippen molar-refractivity contribution in [1.29, 1.82) is 0 Å². The van der Waals surface area contributed by atoms with Gasteiger partial charge in [0.15, 0.2) is 0 Å². The minimum Gasteiger partial charge on any atom is -0.756 e. The maximum absolute atomic E-state index is 13.4. The summed E-state index contributed by atoms with van der Waals surface area (Å²) >= 11 is 0. The van der Waals surface area contributed by atoms with E-state index in [4.69, 9.17) is 13.8 Å². The number of phosphoric ester groups is 1. The number of unbranched alkanes of at least 4 members (excludes halogenated alkanes) is 32. The summed E-state index contributed by atoms with van der Waals surface area (Å²) in [5, 5.41) is 3.02. The molecule has 0 aromatic carbocycles. The van der Waals surface area contributed by atoms with Gasteiger partial charge in [0.1, 0.15) is 19.3 Å². The first-order valence-electron chi connectivity index (χ1n) is 29.9. The van der Waals surface area contributed by atoms with Crippen LogP contribution in [0.2, 0.25) is 0 Å². The van der Waals surface area contributed by atoms with Gasteiger partial charge in [-0.05, 0) is 70.3 Å². The van der Waals surface area contributed by atoms with Gasteiger partial charge < -0.3 is 28.5 Å². The predicted octanol–water partition coefficient (Wildman–Crippen LogP) is 17.5. The molecule has 3 unspecified atom stereocenters. The fourth-order valence-corrected chi connectivity index (χ4v) is 9.31. The van der Waals surface area contributed by atoms with E-state index >= 15 is 0 Å². The van der Waals surface area contributed by atoms with Crippen molar-refractivity contribution in [2.75, 3.05) is 40.9 Å². The first-order valence-corrected chi connectivity index (χ1v) is 31.4. The average Bonchev–Trinajstić information content (AvgIpc) is 3.33. The molecule has 0 aliphatic heterocycles. The second kappa shape index (κ2) is 51.5. The highest BCUT2D eigenvalue weighted by molar-refractivity contribution is 7.45. The number of carbonyl (C=O) groups excluding carboxylic acids is 2. The van der Waals surface area contributed by atoms with Crippen molar-refractivity contribution in [2.24, 2.45) is 0 Å². The van der Waals surface area contributed by atoms with Gasteiger partial charge in [-0.15, -0.1) is 0 Å². The fraction of sp³-hybridized carbons (Fsp3) is 0.836. The van der Waals surface area contributed by atoms with E-state index in [1.54, 1.807) is 0 Å². The van der Waals surface area contributed by atoms with Crippen LogP contribution in [-0.2, 0) is 27.9 Å². The van der Waals surface area contributed by atoms with Crippen LogP contribution in [0, 0.1) is 0 Å². The maximum Gasteiger partial charge on any atom is 0.306 e. The number of allylic oxidation sites excluding steroid dienone is 7. The van der Waals surface area contributed by atoms with Gasteiger partial charge in [0.25, 0.3) is 7.82 Å². The van der Waals surface area contributed by atoms with Crippen LogP contribution in [0.1, 0.15) is 278 Å². The van der Waals surface area contributed by atoms with Crippen molar-refractivity contribution in [2.45, 2.75) is 290 Å². The van der Waals surface area contributed by atoms with E-state index in [0.29, 0.717) is 17.4 Å². The summed E-state index contributed by atoms with van der Waals surface area (Å²) in [6.07, 6.45) is 62.2. The van der Waals surface area contributed by atoms with Crippen molar-refractivity contribution in [1.82, 2.24) is 5.32 Å². The molecular weight excluding hydrogens is 904 g/mol. The normalized spacial score (nSPS) is 14.1. The number of likely N-dealkylation sites (N-methyl/N-ethyl adjacent to an activating group) is 1. The summed E-state index contributed by atoms with van der Waals surface area (Å²) in [6.45, 7) is 6.81. The smallest absolute Gasteiger partial charge is 0.306 e. The molecule has 0 saturated heterocycles. The second-order valence-electron chi connectivity index (χ2n) is 21.5. The van der Waals surface area contributed by atoms with Crippen molar-refractivity contribution >= 4 is 19.7 Å². The standard InChI is InChI=1S/C61H115N2O7P/c1-7-10-13-16-19-22-25-26-27-28-29-30-31-32-33-34-35-36-39-42-45-48-51-54-61(65)70-59(52-49-46-43-40-37-23-20-17-14-11-8-2)58(57-69-71(66,67)68-56-55-63(4,5)6)62-60(64)53-50-47-44-41-38-24-21-18-15-12-9-3/h19,22,26-27,29-30,49,52,58-59H,7-18,20-21,23-25,28,31-48,50-51,53-57H2,1-6H3,(H-,62,64,66,67)/b22-19-,27-26-,30-29-,52-49-. The van der Waals surface area contributed by atoms with Gasteiger partial charge in [0.2, 0.25) is 5.91 Å². The van der Waals surface area contributed by atoms with Gasteiger partial charge in [0, 0.05) is 12.8 Å². The Morgan fingerprint density at radius 2 is 0.859 bits per heavy atom. The zero-order valence-electron chi connectivity index (χ0n) is 47.4. The number of hydrogen-bond acceptors (Lipinski definition) is 7. The Kier molecular flexibility index (Phi) is 50.0. The van der Waals surface area contributed by atoms with Crippen molar-refractivity contribution in [3.05, 3.63) is 48.6 Å². The molecular formula is C61H115N2O7P. The van der Waals surface area contributed by atoms with Gasteiger partial charge in [-0.1, -0.05) is 243 Å². The van der Waals surface area contributed by atoms with Gasteiger partial charge in [-0.2, -0.15) is 0 Å². The van der Waals surface area contributed by atoms with Gasteiger partial charge >= 0.3 is 5.97 Å². The third kappa shape index (κ3) is 52.6. The quantitative estimate of drug-likeness (QED) is 0.0212. The van der Waals surface area contributed by atoms with Crippen LogP contribution in [-0.4, -0.2) is 69.4 Å². The van der Waals surface area contributed by atoms with Crippen LogP contribution >= 0.6 is 7.82 Å². The Bertz CT molecular complexity index is 1360. The highest BCUT2D eigenvalue weighted by atomic mass is 31.2. The van der Waals surface area contributed by atoms with Gasteiger partial charge in [-0.25, -0.2) is 0 Å². The molecule has 0 bridgehead atoms. The first-order chi connectivity index (χ1) is 34.4. The molecule has 0 aromatic heterocycles. The molecule has 71 heavy (non-hydrogen) atoms. The highest BCUT2D eigenvalue weighted by Crippen LogP contribution is 2.38. The number of carbonyl (C=O) groups is 2. The summed E-state index contributed by atoms with van der Waals surface area (Å²) in [7, 11) is 1.19. The van der Waals surface area contributed by atoms with Crippen LogP contribution in [0.15, 0.2) is 48.6 Å². The van der Waals surface area contributed by atoms with E-state index in [0.717, 1.165) is 70.6 Å². The molecule has 0 spiro atoms. The molecule has 0 aliphatic rings. The molecule has 0 aliphatic carbocycles. The Balaban J connectivity index is 5.13. The van der Waals surface area contributed by atoms with E-state index in [2.05, 4.69) is 62.5 Å². The molecule has 0 rings (SSSR count). The lowest BCUT2D eigenvalue weighted by atomic mass is 10.0. The number of ether oxygens (including phenoxy) is 1. The fourth-order valence-electron chi connectivity index (χ4n) is 8.59. The van der Waals surface area contributed by atoms with Crippen LogP contribution < -0.4 is 10.2 Å². The predicted molar refractivity (Wildman–Crippen MR) is 302 cm³/mol. The first kappa shape index (κ1) is 69.0. The zero-order chi connectivity index (χ0) is 52.2. The number of esters is 1. The molecule has 416 valence electrons. The number of hydrogen-bond donors (Lipinski definition) is 1. The minimum absolute atomic E-state index is 0.0218. The molecule has 0 aromatic rings. The maximum atomic E-state index is 13.4. The van der Waals surface area contributed by atoms with E-state index in [1.165, 1.54) is 173 Å². The summed E-state index contributed by atoms with van der Waals surface area (Å²) in [4.78, 5) is 39.8. The minimum atomic E-state index is -4.69. The molecule has 9 nitrogen and oxygen atoms in total. The van der Waals surface area contributed by atoms with Crippen LogP contribution in [0.4, 0.5) is 0 Å². The lowest BCUT2D eigenvalue weighted by Gasteiger charge is -2.30. The number of phosphoric acid groups is 1. The lowest BCUT2D eigenvalue weighted by molar-refractivity contribution is -0.870. The van der Waals surface area contributed by atoms with Gasteiger partial charge in [-0.3, -0.25) is 14.2 Å². The average molecular weight is 1020 g/mol. The molecule has 10 heteroatoms. The van der Waals surface area contributed by atoms with E-state index in [9.17, 15) is 19.0 Å². The number of nitrogens with one attached hydrogen (secondary N) is 1. The van der Waals surface area contributed by atoms with Crippen LogP contribution in [0.25, 0.3) is 0 Å². The Labute approximate surface area is 439 Å². The van der Waals surface area contributed by atoms with Crippen molar-refractivity contribution < 1.29 is 37.3 Å². The number of amides is 1. The monoisotopic (exact) mass is 1020 g/mol. The largest absolute Gasteiger partial charge is 0.756 e. The molecule has 1 amide bonds. The SMILES string of the molecule is CCCCC/C=C\C/C=C\C/C=C\CCCCCCCCCCCCC(=O)OC(/C=C\CCCCCCCCCCC)C(COP(=O)([O-])OCC[N+](C)(C)C)NC(=O)CCCCCCCCCCCCC. The van der Waals surface area contributed by atoms with Crippen LogP contribution in [0.5, 0.6) is 0 Å². The van der Waals surface area contributed by atoms with Gasteiger partial charge in [0.05, 0.1) is 33.8 Å². The third-order valence-electron chi connectivity index (χ3n) is 13.3. The van der Waals surface area contributed by atoms with E-state index in [-0.39, 0.29) is 31.5 Å². The summed E-state index contributed by atoms with van der Waals surface area (Å²) in [5.74, 6) is -0.540. The number of rotatable bonds is 54. The molecule has 0 radical (unpaired) electrons. The summed E-state index contributed by atoms with van der Waals surface area (Å²) in [5.41, 5.74) is 0. The Morgan fingerprint density at radius 1 is 0.493 bits per heavy atom. The topological polar surface area (TPSA) is 114 Å². The molecule has 1 N–H and O–H groups in total. The van der Waals surface area contributed by atoms with E-state index < -0.39 is 20.0 Å². The van der Waals surface area contributed by atoms with Crippen molar-refractivity contribution in [3.63, 3.8) is 0 Å². The number of nitrogens with zero attached hydrogens (tertiary/aromatic N) is 1. The zero-order valence-corrected chi connectivity index (χ0v) is 48.3. The highest BCUT2D eigenvalue weighted by Gasteiger charge is 2.27. The summed E-state index contributed by atoms with van der Waals surface area (Å²) < 4.78 is 30.2. The Hall–Kier alpha value is -2.03. The van der Waals surface area contributed by atoms with Crippen molar-refractivity contribution in [3.8, 4) is 0 Å². The Morgan fingerprint density at radius 3 is 1.31 bits per heavy atom. The van der Waals surface area contributed by atoms with E-state index in [1.807, 2.05) is 33.3 Å². The van der Waals surface area contributed by atoms with Crippen LogP contribution in [0.3, 0.4) is 0 Å².